The smallest absolute Gasteiger partial charge is 0.243 e. The van der Waals surface area contributed by atoms with Crippen LogP contribution in [0.4, 0.5) is 5.69 Å². The number of anilines is 1. The van der Waals surface area contributed by atoms with Crippen LogP contribution in [0.1, 0.15) is 54.4 Å². The Labute approximate surface area is 159 Å². The molecule has 1 N–H and O–H groups in total. The first-order chi connectivity index (χ1) is 12.2. The van der Waals surface area contributed by atoms with E-state index in [0.29, 0.717) is 23.8 Å². The minimum Gasteiger partial charge on any atom is -0.497 e. The fourth-order valence-electron chi connectivity index (χ4n) is 4.03. The summed E-state index contributed by atoms with van der Waals surface area (Å²) in [4.78, 5) is 15.4. The third kappa shape index (κ3) is 4.72. The van der Waals surface area contributed by atoms with Crippen molar-refractivity contribution in [2.24, 2.45) is 17.8 Å². The molecule has 0 unspecified atom stereocenters. The molecule has 0 radical (unpaired) electrons. The summed E-state index contributed by atoms with van der Waals surface area (Å²) in [6.07, 6.45) is 1.92. The Morgan fingerprint density at radius 1 is 1.00 bits per heavy atom. The lowest BCUT2D eigenvalue weighted by Gasteiger charge is -2.50. The molecule has 1 amide bonds. The molecule has 0 aliphatic carbocycles. The maximum atomic E-state index is 13.0. The molecule has 0 bridgehead atoms. The van der Waals surface area contributed by atoms with Crippen molar-refractivity contribution in [2.75, 3.05) is 12.0 Å². The zero-order valence-corrected chi connectivity index (χ0v) is 17.5. The molecular formula is C22H36N2O2. The van der Waals surface area contributed by atoms with Crippen LogP contribution < -0.4 is 15.0 Å². The highest BCUT2D eigenvalue weighted by atomic mass is 16.5. The molecule has 3 atom stereocenters. The van der Waals surface area contributed by atoms with Crippen LogP contribution in [-0.2, 0) is 4.79 Å². The summed E-state index contributed by atoms with van der Waals surface area (Å²) < 4.78 is 5.32. The Balaban J connectivity index is 2.48. The van der Waals surface area contributed by atoms with E-state index >= 15 is 0 Å². The Bertz CT molecular complexity index is 580. The van der Waals surface area contributed by atoms with E-state index in [1.54, 1.807) is 7.11 Å². The van der Waals surface area contributed by atoms with Crippen molar-refractivity contribution < 1.29 is 9.53 Å². The van der Waals surface area contributed by atoms with Gasteiger partial charge in [0.15, 0.2) is 0 Å². The number of nitrogens with zero attached hydrogens (tertiary/aromatic N) is 1. The van der Waals surface area contributed by atoms with E-state index in [-0.39, 0.29) is 18.0 Å². The van der Waals surface area contributed by atoms with E-state index in [1.165, 1.54) is 0 Å². The Morgan fingerprint density at radius 2 is 1.58 bits per heavy atom. The van der Waals surface area contributed by atoms with Gasteiger partial charge in [-0.2, -0.15) is 0 Å². The van der Waals surface area contributed by atoms with E-state index in [4.69, 9.17) is 4.74 Å². The molecule has 1 aromatic rings. The lowest BCUT2D eigenvalue weighted by Crippen LogP contribution is -2.67. The van der Waals surface area contributed by atoms with Crippen molar-refractivity contribution in [3.05, 3.63) is 24.3 Å². The topological polar surface area (TPSA) is 41.6 Å². The van der Waals surface area contributed by atoms with Crippen molar-refractivity contribution in [1.82, 2.24) is 5.32 Å². The number of hydrogen-bond donors (Lipinski definition) is 1. The maximum Gasteiger partial charge on any atom is 0.243 e. The zero-order valence-electron chi connectivity index (χ0n) is 17.5. The lowest BCUT2D eigenvalue weighted by molar-refractivity contribution is -0.126. The summed E-state index contributed by atoms with van der Waals surface area (Å²) in [5.74, 6) is 2.42. The van der Waals surface area contributed by atoms with Gasteiger partial charge >= 0.3 is 0 Å². The standard InChI is InChI=1S/C22H36N2O2/c1-14(2)12-19-21(16(5)6)23-22(25)20(13-15(3)4)24(19)17-8-10-18(26-7)11-9-17/h8-11,14-16,19-21H,12-13H2,1-7H3,(H,23,25)/t19-,20+,21+/m0/s1. The molecule has 1 saturated heterocycles. The number of amides is 1. The van der Waals surface area contributed by atoms with E-state index in [9.17, 15) is 4.79 Å². The minimum atomic E-state index is -0.123. The monoisotopic (exact) mass is 360 g/mol. The van der Waals surface area contributed by atoms with Gasteiger partial charge in [-0.1, -0.05) is 41.5 Å². The average molecular weight is 361 g/mol. The number of nitrogens with one attached hydrogen (secondary N) is 1. The SMILES string of the molecule is COc1ccc(N2[C@H](CC(C)C)C(=O)N[C@H](C(C)C)[C@@H]2CC(C)C)cc1. The second-order valence-electron chi connectivity index (χ2n) is 8.73. The van der Waals surface area contributed by atoms with Crippen molar-refractivity contribution in [3.8, 4) is 5.75 Å². The summed E-state index contributed by atoms with van der Waals surface area (Å²) in [6.45, 7) is 13.3. The molecule has 1 aromatic carbocycles. The van der Waals surface area contributed by atoms with Crippen LogP contribution in [-0.4, -0.2) is 31.1 Å². The molecule has 4 nitrogen and oxygen atoms in total. The number of rotatable bonds is 7. The first-order valence-corrected chi connectivity index (χ1v) is 9.97. The molecule has 1 aliphatic heterocycles. The van der Waals surface area contributed by atoms with Gasteiger partial charge in [0.1, 0.15) is 11.8 Å². The molecule has 0 spiro atoms. The third-order valence-corrected chi connectivity index (χ3v) is 5.22. The van der Waals surface area contributed by atoms with Crippen molar-refractivity contribution >= 4 is 11.6 Å². The van der Waals surface area contributed by atoms with Gasteiger partial charge in [0, 0.05) is 5.69 Å². The number of ether oxygens (including phenoxy) is 1. The average Bonchev–Trinajstić information content (AvgIpc) is 2.57. The molecule has 1 heterocycles. The van der Waals surface area contributed by atoms with Crippen molar-refractivity contribution in [3.63, 3.8) is 0 Å². The largest absolute Gasteiger partial charge is 0.497 e. The number of methoxy groups -OCH3 is 1. The summed E-state index contributed by atoms with van der Waals surface area (Å²) >= 11 is 0. The second-order valence-corrected chi connectivity index (χ2v) is 8.73. The van der Waals surface area contributed by atoms with Gasteiger partial charge in [-0.25, -0.2) is 0 Å². The summed E-state index contributed by atoms with van der Waals surface area (Å²) in [6, 6.07) is 8.50. The molecule has 2 rings (SSSR count). The first-order valence-electron chi connectivity index (χ1n) is 9.97. The Kier molecular flexibility index (Phi) is 6.96. The second kappa shape index (κ2) is 8.79. The molecule has 1 aliphatic rings. The molecule has 26 heavy (non-hydrogen) atoms. The molecule has 1 fully saturated rings. The Hall–Kier alpha value is -1.71. The number of hydrogen-bond acceptors (Lipinski definition) is 3. The minimum absolute atomic E-state index is 0.123. The fraction of sp³-hybridized carbons (Fsp3) is 0.682. The van der Waals surface area contributed by atoms with E-state index in [1.807, 2.05) is 12.1 Å². The van der Waals surface area contributed by atoms with Gasteiger partial charge in [0.25, 0.3) is 0 Å². The first kappa shape index (κ1) is 20.6. The van der Waals surface area contributed by atoms with Crippen molar-refractivity contribution in [1.29, 1.82) is 0 Å². The highest BCUT2D eigenvalue weighted by Gasteiger charge is 2.43. The highest BCUT2D eigenvalue weighted by Crippen LogP contribution is 2.34. The molecule has 146 valence electrons. The van der Waals surface area contributed by atoms with Gasteiger partial charge < -0.3 is 15.0 Å². The van der Waals surface area contributed by atoms with Crippen LogP contribution in [0.25, 0.3) is 0 Å². The van der Waals surface area contributed by atoms with Gasteiger partial charge in [-0.15, -0.1) is 0 Å². The lowest BCUT2D eigenvalue weighted by atomic mass is 9.83. The normalized spacial score (nSPS) is 23.7. The third-order valence-electron chi connectivity index (χ3n) is 5.22. The van der Waals surface area contributed by atoms with Gasteiger partial charge in [0.05, 0.1) is 19.2 Å². The van der Waals surface area contributed by atoms with Crippen LogP contribution in [0.3, 0.4) is 0 Å². The molecular weight excluding hydrogens is 324 g/mol. The van der Waals surface area contributed by atoms with Gasteiger partial charge in [0.2, 0.25) is 5.91 Å². The fourth-order valence-corrected chi connectivity index (χ4v) is 4.03. The van der Waals surface area contributed by atoms with E-state index in [2.05, 4.69) is 63.9 Å². The Morgan fingerprint density at radius 3 is 2.04 bits per heavy atom. The predicted molar refractivity (Wildman–Crippen MR) is 109 cm³/mol. The summed E-state index contributed by atoms with van der Waals surface area (Å²) in [5.41, 5.74) is 1.11. The molecule has 4 heteroatoms. The van der Waals surface area contributed by atoms with Crippen molar-refractivity contribution in [2.45, 2.75) is 72.5 Å². The van der Waals surface area contributed by atoms with Crippen LogP contribution in [0.5, 0.6) is 5.75 Å². The van der Waals surface area contributed by atoms with Crippen LogP contribution in [0, 0.1) is 17.8 Å². The van der Waals surface area contributed by atoms with Crippen LogP contribution in [0.2, 0.25) is 0 Å². The molecule has 0 aromatic heterocycles. The number of carbonyl (C=O) groups excluding carboxylic acids is 1. The number of benzene rings is 1. The summed E-state index contributed by atoms with van der Waals surface area (Å²) in [7, 11) is 1.68. The maximum absolute atomic E-state index is 13.0. The van der Waals surface area contributed by atoms with Gasteiger partial charge in [-0.3, -0.25) is 4.79 Å². The number of carbonyl (C=O) groups is 1. The highest BCUT2D eigenvalue weighted by molar-refractivity contribution is 5.87. The molecule has 0 saturated carbocycles. The van der Waals surface area contributed by atoms with Crippen LogP contribution in [0.15, 0.2) is 24.3 Å². The van der Waals surface area contributed by atoms with Crippen LogP contribution >= 0.6 is 0 Å². The van der Waals surface area contributed by atoms with E-state index < -0.39 is 0 Å². The quantitative estimate of drug-likeness (QED) is 0.779. The summed E-state index contributed by atoms with van der Waals surface area (Å²) in [5, 5.41) is 3.34. The van der Waals surface area contributed by atoms with Gasteiger partial charge in [-0.05, 0) is 54.9 Å². The van der Waals surface area contributed by atoms with E-state index in [0.717, 1.165) is 24.3 Å². The predicted octanol–water partition coefficient (Wildman–Crippen LogP) is 4.49. The zero-order chi connectivity index (χ0) is 19.4. The number of piperazine rings is 1.